The Morgan fingerprint density at radius 3 is 2.87 bits per heavy atom. The molecule has 0 bridgehead atoms. The first-order valence-corrected chi connectivity index (χ1v) is 14.1. The fourth-order valence-electron chi connectivity index (χ4n) is 4.95. The molecule has 1 saturated heterocycles. The number of amides is 2. The highest BCUT2D eigenvalue weighted by atomic mass is 32.1. The number of fused-ring (bicyclic) bond motifs is 1. The quantitative estimate of drug-likeness (QED) is 0.264. The van der Waals surface area contributed by atoms with Gasteiger partial charge in [-0.1, -0.05) is 26.5 Å². The van der Waals surface area contributed by atoms with Crippen LogP contribution in [0.25, 0.3) is 21.7 Å². The van der Waals surface area contributed by atoms with Gasteiger partial charge < -0.3 is 19.2 Å². The van der Waals surface area contributed by atoms with E-state index < -0.39 is 0 Å². The topological polar surface area (TPSA) is 105 Å². The van der Waals surface area contributed by atoms with Gasteiger partial charge in [-0.2, -0.15) is 0 Å². The number of carbonyl (C=O) groups excluding carboxylic acids is 2. The van der Waals surface area contributed by atoms with E-state index in [1.54, 1.807) is 19.2 Å². The van der Waals surface area contributed by atoms with E-state index in [4.69, 9.17) is 9.40 Å². The molecule has 2 amide bonds. The van der Waals surface area contributed by atoms with E-state index in [1.807, 2.05) is 15.5 Å². The lowest BCUT2D eigenvalue weighted by atomic mass is 10.1. The van der Waals surface area contributed by atoms with E-state index in [2.05, 4.69) is 54.2 Å². The largest absolute Gasteiger partial charge is 0.440 e. The van der Waals surface area contributed by atoms with Crippen LogP contribution in [0.15, 0.2) is 53.6 Å². The van der Waals surface area contributed by atoms with Crippen LogP contribution in [0.3, 0.4) is 0 Å². The van der Waals surface area contributed by atoms with Crippen molar-refractivity contribution in [1.82, 2.24) is 24.8 Å². The number of oxazole rings is 1. The third kappa shape index (κ3) is 5.97. The molecule has 1 aromatic carbocycles. The van der Waals surface area contributed by atoms with Crippen molar-refractivity contribution in [2.45, 2.75) is 52.7 Å². The number of hydrogen-bond donors (Lipinski definition) is 2. The molecule has 4 heterocycles. The van der Waals surface area contributed by atoms with E-state index in [-0.39, 0.29) is 17.9 Å². The molecular weight excluding hydrogens is 512 g/mol. The van der Waals surface area contributed by atoms with Crippen LogP contribution in [0, 0.1) is 12.8 Å². The van der Waals surface area contributed by atoms with Crippen molar-refractivity contribution in [3.63, 3.8) is 0 Å². The first kappa shape index (κ1) is 26.8. The molecule has 1 atom stereocenters. The lowest BCUT2D eigenvalue weighted by Crippen LogP contribution is -2.37. The molecule has 0 aliphatic carbocycles. The summed E-state index contributed by atoms with van der Waals surface area (Å²) in [5.41, 5.74) is 2.85. The number of aryl methyl sites for hydroxylation is 1. The smallest absolute Gasteiger partial charge is 0.268 e. The molecule has 1 aliphatic rings. The molecule has 1 aliphatic heterocycles. The zero-order chi connectivity index (χ0) is 27.5. The van der Waals surface area contributed by atoms with Gasteiger partial charge in [0.25, 0.3) is 5.91 Å². The molecule has 5 rings (SSSR count). The first-order valence-electron chi connectivity index (χ1n) is 13.3. The van der Waals surface area contributed by atoms with Gasteiger partial charge in [0.2, 0.25) is 11.9 Å². The number of thiophene rings is 1. The predicted octanol–water partition coefficient (Wildman–Crippen LogP) is 5.24. The molecule has 4 aromatic rings. The van der Waals surface area contributed by atoms with Gasteiger partial charge in [-0.15, -0.1) is 11.3 Å². The molecule has 1 fully saturated rings. The molecule has 204 valence electrons. The minimum absolute atomic E-state index is 0.000954. The summed E-state index contributed by atoms with van der Waals surface area (Å²) in [5.74, 6) is 1.92. The van der Waals surface area contributed by atoms with Gasteiger partial charge >= 0.3 is 0 Å². The first-order chi connectivity index (χ1) is 18.8. The third-order valence-electron chi connectivity index (χ3n) is 6.84. The van der Waals surface area contributed by atoms with Crippen LogP contribution >= 0.6 is 11.3 Å². The summed E-state index contributed by atoms with van der Waals surface area (Å²) < 4.78 is 7.63. The fourth-order valence-corrected chi connectivity index (χ4v) is 5.79. The molecule has 2 N–H and O–H groups in total. The lowest BCUT2D eigenvalue weighted by molar-refractivity contribution is -0.126. The minimum Gasteiger partial charge on any atom is -0.440 e. The van der Waals surface area contributed by atoms with Gasteiger partial charge in [-0.25, -0.2) is 9.97 Å². The second kappa shape index (κ2) is 11.5. The van der Waals surface area contributed by atoms with Crippen molar-refractivity contribution >= 4 is 40.1 Å². The Morgan fingerprint density at radius 1 is 1.28 bits per heavy atom. The summed E-state index contributed by atoms with van der Waals surface area (Å²) in [6.45, 7) is 12.7. The molecule has 0 saturated carbocycles. The maximum atomic E-state index is 13.3. The third-order valence-corrected chi connectivity index (χ3v) is 7.94. The Hall–Kier alpha value is -3.76. The van der Waals surface area contributed by atoms with E-state index in [0.29, 0.717) is 41.5 Å². The standard InChI is InChI=1S/C29H34N6O3S/c1-5-27(36)34-12-6-7-21(34)17-35-23-9-8-20(15-30-14-18(2)3)13-22(23)32-29(35)33-28(37)26-11-10-25(39-26)24-16-31-19(4)38-24/h5,8-11,13,16,18,21,30H,1,6-7,12,14-15,17H2,2-4H3,(H,32,33,37)/t21-/m1/s1. The highest BCUT2D eigenvalue weighted by Crippen LogP contribution is 2.30. The second-order valence-electron chi connectivity index (χ2n) is 10.3. The van der Waals surface area contributed by atoms with E-state index >= 15 is 0 Å². The zero-order valence-electron chi connectivity index (χ0n) is 22.6. The van der Waals surface area contributed by atoms with Crippen molar-refractivity contribution in [2.24, 2.45) is 5.92 Å². The molecule has 9 nitrogen and oxygen atoms in total. The maximum absolute atomic E-state index is 13.3. The number of aromatic nitrogens is 3. The van der Waals surface area contributed by atoms with Crippen LogP contribution in [0.2, 0.25) is 0 Å². The van der Waals surface area contributed by atoms with Crippen LogP contribution in [-0.2, 0) is 17.9 Å². The van der Waals surface area contributed by atoms with Crippen LogP contribution in [0.4, 0.5) is 5.95 Å². The maximum Gasteiger partial charge on any atom is 0.268 e. The summed E-state index contributed by atoms with van der Waals surface area (Å²) in [7, 11) is 0. The van der Waals surface area contributed by atoms with Gasteiger partial charge in [0.05, 0.1) is 33.0 Å². The van der Waals surface area contributed by atoms with Gasteiger partial charge in [0, 0.05) is 26.6 Å². The number of likely N-dealkylation sites (tertiary alicyclic amines) is 1. The molecule has 0 spiro atoms. The summed E-state index contributed by atoms with van der Waals surface area (Å²) in [6.07, 6.45) is 4.85. The van der Waals surface area contributed by atoms with Gasteiger partial charge in [0.1, 0.15) is 0 Å². The van der Waals surface area contributed by atoms with Crippen LogP contribution in [0.5, 0.6) is 0 Å². The second-order valence-corrected chi connectivity index (χ2v) is 11.4. The van der Waals surface area contributed by atoms with Crippen LogP contribution < -0.4 is 10.6 Å². The number of anilines is 1. The molecule has 0 radical (unpaired) electrons. The van der Waals surface area contributed by atoms with Crippen molar-refractivity contribution in [3.8, 4) is 10.6 Å². The zero-order valence-corrected chi connectivity index (χ0v) is 23.4. The number of nitrogens with one attached hydrogen (secondary N) is 2. The number of hydrogen-bond acceptors (Lipinski definition) is 7. The Balaban J connectivity index is 1.43. The van der Waals surface area contributed by atoms with Gasteiger partial charge in [-0.05, 0) is 61.2 Å². The molecule has 39 heavy (non-hydrogen) atoms. The molecule has 0 unspecified atom stereocenters. The normalized spacial score (nSPS) is 15.4. The van der Waals surface area contributed by atoms with Crippen molar-refractivity contribution in [3.05, 3.63) is 65.5 Å². The predicted molar refractivity (Wildman–Crippen MR) is 154 cm³/mol. The van der Waals surface area contributed by atoms with Crippen molar-refractivity contribution in [2.75, 3.05) is 18.4 Å². The van der Waals surface area contributed by atoms with Crippen LogP contribution in [0.1, 0.15) is 47.8 Å². The summed E-state index contributed by atoms with van der Waals surface area (Å²) in [6, 6.07) is 9.83. The average Bonchev–Trinajstić information content (AvgIpc) is 3.71. The van der Waals surface area contributed by atoms with E-state index in [9.17, 15) is 9.59 Å². The molecule has 10 heteroatoms. The number of carbonyl (C=O) groups is 2. The van der Waals surface area contributed by atoms with Gasteiger partial charge in [-0.3, -0.25) is 14.9 Å². The van der Waals surface area contributed by atoms with E-state index in [1.165, 1.54) is 17.4 Å². The Bertz CT molecular complexity index is 1500. The van der Waals surface area contributed by atoms with E-state index in [0.717, 1.165) is 47.4 Å². The van der Waals surface area contributed by atoms with Crippen LogP contribution in [-0.4, -0.2) is 50.4 Å². The summed E-state index contributed by atoms with van der Waals surface area (Å²) in [5, 5.41) is 6.51. The highest BCUT2D eigenvalue weighted by Gasteiger charge is 2.29. The average molecular weight is 547 g/mol. The number of benzene rings is 1. The number of imidazole rings is 1. The lowest BCUT2D eigenvalue weighted by Gasteiger charge is -2.24. The van der Waals surface area contributed by atoms with Crippen molar-refractivity contribution in [1.29, 1.82) is 0 Å². The summed E-state index contributed by atoms with van der Waals surface area (Å²) in [4.78, 5) is 38.0. The Morgan fingerprint density at radius 2 is 2.13 bits per heavy atom. The monoisotopic (exact) mass is 546 g/mol. The Labute approximate surface area is 231 Å². The molecular formula is C29H34N6O3S. The van der Waals surface area contributed by atoms with Gasteiger partial charge in [0.15, 0.2) is 11.7 Å². The summed E-state index contributed by atoms with van der Waals surface area (Å²) >= 11 is 1.34. The van der Waals surface area contributed by atoms with Crippen molar-refractivity contribution < 1.29 is 14.0 Å². The minimum atomic E-state index is -0.247. The fraction of sp³-hybridized carbons (Fsp3) is 0.379. The SMILES string of the molecule is C=CC(=O)N1CCC[C@@H]1Cn1c(NC(=O)c2ccc(-c3cnc(C)o3)s2)nc2cc(CNCC(C)C)ccc21. The highest BCUT2D eigenvalue weighted by molar-refractivity contribution is 7.17. The molecule has 3 aromatic heterocycles. The Kier molecular flexibility index (Phi) is 7.94. The number of rotatable bonds is 10. The number of nitrogens with zero attached hydrogens (tertiary/aromatic N) is 4.